The third kappa shape index (κ3) is 9.36. The Balaban J connectivity index is 3.08. The molecule has 0 heterocycles. The van der Waals surface area contributed by atoms with Crippen LogP contribution in [0.1, 0.15) is 46.6 Å². The van der Waals surface area contributed by atoms with Gasteiger partial charge in [0, 0.05) is 11.3 Å². The van der Waals surface area contributed by atoms with Crippen LogP contribution < -0.4 is 15.4 Å². The maximum absolute atomic E-state index is 13.2. The molecule has 0 saturated heterocycles. The van der Waals surface area contributed by atoms with E-state index in [9.17, 15) is 24.5 Å². The Hall–Kier alpha value is -3.17. The fourth-order valence-electron chi connectivity index (χ4n) is 3.54. The molecule has 0 saturated carbocycles. The maximum Gasteiger partial charge on any atom is 0.328 e. The van der Waals surface area contributed by atoms with Crippen LogP contribution in [0.2, 0.25) is 0 Å². The van der Waals surface area contributed by atoms with Crippen molar-refractivity contribution in [2.75, 3.05) is 20.8 Å². The molecule has 10 heteroatoms. The molecule has 1 aromatic carbocycles. The zero-order chi connectivity index (χ0) is 26.1. The molecule has 0 bridgehead atoms. The fourth-order valence-corrected chi connectivity index (χ4v) is 3.54. The average Bonchev–Trinajstić information content (AvgIpc) is 2.74. The van der Waals surface area contributed by atoms with Crippen molar-refractivity contribution < 1.29 is 28.8 Å². The van der Waals surface area contributed by atoms with Gasteiger partial charge >= 0.3 is 5.97 Å². The third-order valence-corrected chi connectivity index (χ3v) is 5.31. The van der Waals surface area contributed by atoms with Crippen LogP contribution in [0, 0.1) is 27.4 Å². The van der Waals surface area contributed by atoms with Gasteiger partial charge in [0.2, 0.25) is 18.4 Å². The van der Waals surface area contributed by atoms with Crippen molar-refractivity contribution in [1.29, 1.82) is 0 Å². The van der Waals surface area contributed by atoms with Crippen LogP contribution in [0.25, 0.3) is 0 Å². The highest BCUT2D eigenvalue weighted by Crippen LogP contribution is 2.22. The number of hydrogen-bond acceptors (Lipinski definition) is 7. The molecule has 10 nitrogen and oxygen atoms in total. The highest BCUT2D eigenvalue weighted by molar-refractivity contribution is 5.92. The van der Waals surface area contributed by atoms with Crippen LogP contribution in [-0.2, 0) is 25.5 Å². The van der Waals surface area contributed by atoms with Gasteiger partial charge in [0.15, 0.2) is 0 Å². The molecule has 0 unspecified atom stereocenters. The summed E-state index contributed by atoms with van der Waals surface area (Å²) in [5.41, 5.74) is 0.0492. The smallest absolute Gasteiger partial charge is 0.328 e. The van der Waals surface area contributed by atoms with Gasteiger partial charge in [-0.15, -0.1) is 0 Å². The van der Waals surface area contributed by atoms with E-state index in [2.05, 4.69) is 10.6 Å². The first-order valence-corrected chi connectivity index (χ1v) is 11.2. The largest absolute Gasteiger partial charge is 0.497 e. The van der Waals surface area contributed by atoms with Crippen molar-refractivity contribution in [3.63, 3.8) is 0 Å². The Morgan fingerprint density at radius 3 is 2.06 bits per heavy atom. The second kappa shape index (κ2) is 12.9. The summed E-state index contributed by atoms with van der Waals surface area (Å²) >= 11 is 0. The van der Waals surface area contributed by atoms with Crippen molar-refractivity contribution in [3.05, 3.63) is 39.9 Å². The van der Waals surface area contributed by atoms with Crippen LogP contribution in [0.3, 0.4) is 0 Å². The van der Waals surface area contributed by atoms with E-state index in [0.29, 0.717) is 12.2 Å². The van der Waals surface area contributed by atoms with Gasteiger partial charge in [-0.1, -0.05) is 46.8 Å². The van der Waals surface area contributed by atoms with Crippen molar-refractivity contribution in [3.8, 4) is 5.75 Å². The Kier molecular flexibility index (Phi) is 11.0. The monoisotopic (exact) mass is 479 g/mol. The number of carbonyl (C=O) groups excluding carboxylic acids is 3. The topological polar surface area (TPSA) is 137 Å². The molecule has 1 rings (SSSR count). The van der Waals surface area contributed by atoms with E-state index in [-0.39, 0.29) is 12.3 Å². The summed E-state index contributed by atoms with van der Waals surface area (Å²) in [5.74, 6) is -1.92. The Labute approximate surface area is 200 Å². The van der Waals surface area contributed by atoms with Gasteiger partial charge in [-0.05, 0) is 35.4 Å². The lowest BCUT2D eigenvalue weighted by atomic mass is 9.85. The average molecular weight is 480 g/mol. The lowest BCUT2D eigenvalue weighted by Gasteiger charge is -2.32. The summed E-state index contributed by atoms with van der Waals surface area (Å²) in [6.07, 6.45) is 0.484. The molecule has 1 aromatic rings. The number of hydrogen-bond donors (Lipinski definition) is 2. The Morgan fingerprint density at radius 1 is 1.03 bits per heavy atom. The zero-order valence-electron chi connectivity index (χ0n) is 21.0. The molecule has 0 radical (unpaired) electrons. The summed E-state index contributed by atoms with van der Waals surface area (Å²) in [6, 6.07) is 5.03. The number of esters is 1. The first kappa shape index (κ1) is 28.9. The molecule has 0 fully saturated rings. The van der Waals surface area contributed by atoms with E-state index < -0.39 is 52.7 Å². The van der Waals surface area contributed by atoms with E-state index in [4.69, 9.17) is 9.47 Å². The van der Waals surface area contributed by atoms with Crippen molar-refractivity contribution in [2.45, 2.75) is 59.5 Å². The van der Waals surface area contributed by atoms with Crippen LogP contribution in [-0.4, -0.2) is 55.6 Å². The number of rotatable bonds is 12. The fraction of sp³-hybridized carbons (Fsp3) is 0.625. The van der Waals surface area contributed by atoms with E-state index in [0.717, 1.165) is 5.56 Å². The number of nitro groups is 1. The number of nitrogens with one attached hydrogen (secondary N) is 2. The molecule has 0 aromatic heterocycles. The van der Waals surface area contributed by atoms with Crippen LogP contribution >= 0.6 is 0 Å². The number of nitrogens with zero attached hydrogens (tertiary/aromatic N) is 1. The summed E-state index contributed by atoms with van der Waals surface area (Å²) in [7, 11) is 2.78. The second-order valence-corrected chi connectivity index (χ2v) is 9.79. The van der Waals surface area contributed by atoms with E-state index in [1.807, 2.05) is 13.8 Å². The standard InChI is InChI=1S/C24H37N3O7/c1-15(2)12-17(14-27(31)32)21(28)26-20(24(3,4)5)22(29)25-19(23(30)34-7)13-16-8-10-18(33-6)11-9-16/h8-11,15,17,19-20H,12-14H2,1-7H3,(H,25,29)(H,26,28)/t17-,19-,20-/m1/s1. The molecule has 190 valence electrons. The molecule has 3 atom stereocenters. The van der Waals surface area contributed by atoms with Crippen molar-refractivity contribution >= 4 is 17.8 Å². The summed E-state index contributed by atoms with van der Waals surface area (Å²) in [4.78, 5) is 49.1. The van der Waals surface area contributed by atoms with Gasteiger partial charge in [0.1, 0.15) is 23.8 Å². The minimum atomic E-state index is -1.02. The SMILES string of the molecule is COC(=O)[C@@H](Cc1ccc(OC)cc1)NC(=O)[C@@H](NC(=O)[C@H](CC(C)C)C[N+](=O)[O-])C(C)(C)C. The lowest BCUT2D eigenvalue weighted by molar-refractivity contribution is -0.486. The van der Waals surface area contributed by atoms with Crippen LogP contribution in [0.5, 0.6) is 5.75 Å². The first-order valence-electron chi connectivity index (χ1n) is 11.2. The van der Waals surface area contributed by atoms with Crippen LogP contribution in [0.15, 0.2) is 24.3 Å². The predicted octanol–water partition coefficient (Wildman–Crippen LogP) is 2.37. The molecule has 0 aliphatic carbocycles. The molecular weight excluding hydrogens is 442 g/mol. The number of carbonyl (C=O) groups is 3. The summed E-state index contributed by atoms with van der Waals surface area (Å²) < 4.78 is 10.00. The number of benzene rings is 1. The van der Waals surface area contributed by atoms with Crippen molar-refractivity contribution in [1.82, 2.24) is 10.6 Å². The lowest BCUT2D eigenvalue weighted by Crippen LogP contribution is -2.58. The minimum Gasteiger partial charge on any atom is -0.497 e. The minimum absolute atomic E-state index is 0.0609. The van der Waals surface area contributed by atoms with E-state index in [1.54, 1.807) is 52.1 Å². The summed E-state index contributed by atoms with van der Waals surface area (Å²) in [5, 5.41) is 16.4. The van der Waals surface area contributed by atoms with Gasteiger partial charge < -0.3 is 20.1 Å². The molecule has 0 aliphatic heterocycles. The maximum atomic E-state index is 13.2. The Morgan fingerprint density at radius 2 is 1.62 bits per heavy atom. The number of amides is 2. The highest BCUT2D eigenvalue weighted by Gasteiger charge is 2.37. The molecule has 2 amide bonds. The third-order valence-electron chi connectivity index (χ3n) is 5.31. The van der Waals surface area contributed by atoms with Crippen molar-refractivity contribution in [2.24, 2.45) is 17.3 Å². The van der Waals surface area contributed by atoms with Crippen LogP contribution in [0.4, 0.5) is 0 Å². The molecule has 2 N–H and O–H groups in total. The molecular formula is C24H37N3O7. The Bertz CT molecular complexity index is 847. The number of ether oxygens (including phenoxy) is 2. The molecule has 0 aliphatic rings. The van der Waals surface area contributed by atoms with Gasteiger partial charge in [-0.25, -0.2) is 4.79 Å². The first-order chi connectivity index (χ1) is 15.8. The quantitative estimate of drug-likeness (QED) is 0.267. The highest BCUT2D eigenvalue weighted by atomic mass is 16.6. The predicted molar refractivity (Wildman–Crippen MR) is 127 cm³/mol. The van der Waals surface area contributed by atoms with Gasteiger partial charge in [0.25, 0.3) is 0 Å². The summed E-state index contributed by atoms with van der Waals surface area (Å²) in [6.45, 7) is 8.50. The van der Waals surface area contributed by atoms with E-state index in [1.165, 1.54) is 7.11 Å². The van der Waals surface area contributed by atoms with Gasteiger partial charge in [-0.3, -0.25) is 19.7 Å². The van der Waals surface area contributed by atoms with Gasteiger partial charge in [-0.2, -0.15) is 0 Å². The number of methoxy groups -OCH3 is 2. The molecule has 34 heavy (non-hydrogen) atoms. The van der Waals surface area contributed by atoms with Gasteiger partial charge in [0.05, 0.1) is 14.2 Å². The normalized spacial score (nSPS) is 14.0. The molecule has 0 spiro atoms. The second-order valence-electron chi connectivity index (χ2n) is 9.79. The van der Waals surface area contributed by atoms with E-state index >= 15 is 0 Å². The zero-order valence-corrected chi connectivity index (χ0v) is 21.0.